The monoisotopic (exact) mass is 215 g/mol. The van der Waals surface area contributed by atoms with Gasteiger partial charge in [0.1, 0.15) is 5.72 Å². The molecule has 0 aromatic carbocycles. The van der Waals surface area contributed by atoms with Gasteiger partial charge >= 0.3 is 0 Å². The first-order chi connectivity index (χ1) is 6.27. The highest BCUT2D eigenvalue weighted by molar-refractivity contribution is 7.99. The van der Waals surface area contributed by atoms with Crippen molar-refractivity contribution in [1.82, 2.24) is 0 Å². The number of thioether (sulfide) groups is 1. The second-order valence-corrected chi connectivity index (χ2v) is 5.55. The average molecular weight is 215 g/mol. The molecule has 0 bridgehead atoms. The highest BCUT2D eigenvalue weighted by Gasteiger charge is 2.15. The third-order valence-corrected chi connectivity index (χ3v) is 2.62. The smallest absolute Gasteiger partial charge is 0.122 e. The molecule has 2 nitrogen and oxygen atoms in total. The molecule has 0 aromatic rings. The Bertz CT molecular complexity index is 220. The van der Waals surface area contributed by atoms with Crippen molar-refractivity contribution in [2.45, 2.75) is 33.4 Å². The van der Waals surface area contributed by atoms with E-state index in [2.05, 4.69) is 32.6 Å². The zero-order chi connectivity index (χ0) is 11.2. The first kappa shape index (κ1) is 13.8. The molecule has 0 aliphatic heterocycles. The lowest BCUT2D eigenvalue weighted by atomic mass is 9.98. The molecule has 0 aromatic heterocycles. The highest BCUT2D eigenvalue weighted by Crippen LogP contribution is 2.12. The maximum atomic E-state index is 5.79. The van der Waals surface area contributed by atoms with E-state index in [1.165, 1.54) is 0 Å². The molecule has 0 heterocycles. The SMILES string of the molecule is COC(C)(N)CSCC#CC(C)(C)C. The van der Waals surface area contributed by atoms with Crippen LogP contribution in [-0.2, 0) is 4.74 Å². The first-order valence-electron chi connectivity index (χ1n) is 4.69. The van der Waals surface area contributed by atoms with Crippen molar-refractivity contribution < 1.29 is 4.74 Å². The van der Waals surface area contributed by atoms with Crippen LogP contribution in [0.1, 0.15) is 27.7 Å². The van der Waals surface area contributed by atoms with Gasteiger partial charge < -0.3 is 10.5 Å². The van der Waals surface area contributed by atoms with Gasteiger partial charge in [-0.1, -0.05) is 11.8 Å². The molecule has 0 fully saturated rings. The van der Waals surface area contributed by atoms with Crippen molar-refractivity contribution in [3.8, 4) is 11.8 Å². The number of hydrogen-bond acceptors (Lipinski definition) is 3. The van der Waals surface area contributed by atoms with Gasteiger partial charge in [0, 0.05) is 18.3 Å². The van der Waals surface area contributed by atoms with Crippen molar-refractivity contribution in [3.05, 3.63) is 0 Å². The Balaban J connectivity index is 3.70. The van der Waals surface area contributed by atoms with E-state index in [1.54, 1.807) is 18.9 Å². The molecule has 3 heteroatoms. The summed E-state index contributed by atoms with van der Waals surface area (Å²) in [6.45, 7) is 8.18. The molecule has 0 aliphatic rings. The van der Waals surface area contributed by atoms with Crippen LogP contribution in [0.4, 0.5) is 0 Å². The van der Waals surface area contributed by atoms with Crippen LogP contribution in [0.3, 0.4) is 0 Å². The third kappa shape index (κ3) is 8.43. The molecule has 14 heavy (non-hydrogen) atoms. The number of ether oxygens (including phenoxy) is 1. The molecule has 82 valence electrons. The van der Waals surface area contributed by atoms with E-state index >= 15 is 0 Å². The van der Waals surface area contributed by atoms with Crippen LogP contribution < -0.4 is 5.73 Å². The van der Waals surface area contributed by atoms with E-state index in [0.717, 1.165) is 11.5 Å². The van der Waals surface area contributed by atoms with Crippen LogP contribution in [0.2, 0.25) is 0 Å². The van der Waals surface area contributed by atoms with Crippen molar-refractivity contribution in [2.24, 2.45) is 11.1 Å². The second kappa shape index (κ2) is 5.65. The van der Waals surface area contributed by atoms with Crippen LogP contribution in [0, 0.1) is 17.3 Å². The van der Waals surface area contributed by atoms with Gasteiger partial charge in [-0.25, -0.2) is 0 Å². The Morgan fingerprint density at radius 1 is 1.29 bits per heavy atom. The number of rotatable bonds is 4. The molecule has 0 spiro atoms. The Morgan fingerprint density at radius 3 is 2.29 bits per heavy atom. The van der Waals surface area contributed by atoms with E-state index in [1.807, 2.05) is 6.92 Å². The number of nitrogens with two attached hydrogens (primary N) is 1. The van der Waals surface area contributed by atoms with Crippen molar-refractivity contribution in [2.75, 3.05) is 18.6 Å². The molecule has 0 aliphatic carbocycles. The number of hydrogen-bond donors (Lipinski definition) is 1. The molecule has 0 saturated carbocycles. The summed E-state index contributed by atoms with van der Waals surface area (Å²) in [5, 5.41) is 0. The number of methoxy groups -OCH3 is 1. The molecular formula is C11H21NOS. The van der Waals surface area contributed by atoms with E-state index in [0.29, 0.717) is 0 Å². The topological polar surface area (TPSA) is 35.2 Å². The van der Waals surface area contributed by atoms with Gasteiger partial charge in [-0.05, 0) is 27.7 Å². The van der Waals surface area contributed by atoms with Crippen LogP contribution >= 0.6 is 11.8 Å². The molecule has 2 N–H and O–H groups in total. The second-order valence-electron chi connectivity index (χ2n) is 4.56. The van der Waals surface area contributed by atoms with Crippen molar-refractivity contribution in [1.29, 1.82) is 0 Å². The van der Waals surface area contributed by atoms with E-state index in [4.69, 9.17) is 10.5 Å². The van der Waals surface area contributed by atoms with Crippen molar-refractivity contribution >= 4 is 11.8 Å². The fourth-order valence-corrected chi connectivity index (χ4v) is 1.46. The summed E-state index contributed by atoms with van der Waals surface area (Å²) < 4.78 is 5.09. The predicted octanol–water partition coefficient (Wildman–Crippen LogP) is 2.09. The summed E-state index contributed by atoms with van der Waals surface area (Å²) in [4.78, 5) is 0. The zero-order valence-electron chi connectivity index (χ0n) is 9.81. The van der Waals surface area contributed by atoms with E-state index in [9.17, 15) is 0 Å². The Hall–Kier alpha value is -0.170. The van der Waals surface area contributed by atoms with Gasteiger partial charge in [0.2, 0.25) is 0 Å². The van der Waals surface area contributed by atoms with E-state index < -0.39 is 5.72 Å². The Kier molecular flexibility index (Phi) is 5.58. The molecule has 0 rings (SSSR count). The highest BCUT2D eigenvalue weighted by atomic mass is 32.2. The lowest BCUT2D eigenvalue weighted by molar-refractivity contribution is 0.0330. The fraction of sp³-hybridized carbons (Fsp3) is 0.818. The minimum Gasteiger partial charge on any atom is -0.364 e. The van der Waals surface area contributed by atoms with Gasteiger partial charge in [-0.2, -0.15) is 0 Å². The lowest BCUT2D eigenvalue weighted by Gasteiger charge is -2.21. The minimum atomic E-state index is -0.534. The van der Waals surface area contributed by atoms with Gasteiger partial charge in [0.05, 0.1) is 5.75 Å². The van der Waals surface area contributed by atoms with Gasteiger partial charge in [0.25, 0.3) is 0 Å². The predicted molar refractivity (Wildman–Crippen MR) is 64.2 cm³/mol. The summed E-state index contributed by atoms with van der Waals surface area (Å²) in [5.41, 5.74) is 5.35. The first-order valence-corrected chi connectivity index (χ1v) is 5.84. The van der Waals surface area contributed by atoms with Crippen LogP contribution in [0.25, 0.3) is 0 Å². The zero-order valence-corrected chi connectivity index (χ0v) is 10.6. The summed E-state index contributed by atoms with van der Waals surface area (Å²) >= 11 is 1.70. The molecule has 0 saturated heterocycles. The molecule has 1 unspecified atom stereocenters. The Morgan fingerprint density at radius 2 is 1.86 bits per heavy atom. The Labute approximate surface area is 92.0 Å². The fourth-order valence-electron chi connectivity index (χ4n) is 0.665. The minimum absolute atomic E-state index is 0.0911. The van der Waals surface area contributed by atoms with Crippen molar-refractivity contribution in [3.63, 3.8) is 0 Å². The normalized spacial score (nSPS) is 15.6. The van der Waals surface area contributed by atoms with Crippen LogP contribution in [0.15, 0.2) is 0 Å². The molecule has 0 radical (unpaired) electrons. The molecular weight excluding hydrogens is 194 g/mol. The standard InChI is InChI=1S/C11H21NOS/c1-10(2,3)7-6-8-14-9-11(4,12)13-5/h8-9,12H2,1-5H3. The maximum Gasteiger partial charge on any atom is 0.122 e. The largest absolute Gasteiger partial charge is 0.364 e. The summed E-state index contributed by atoms with van der Waals surface area (Å²) in [5.74, 6) is 7.88. The molecule has 1 atom stereocenters. The maximum absolute atomic E-state index is 5.79. The quantitative estimate of drug-likeness (QED) is 0.443. The third-order valence-electron chi connectivity index (χ3n) is 1.49. The lowest BCUT2D eigenvalue weighted by Crippen LogP contribution is -2.40. The van der Waals surface area contributed by atoms with Gasteiger partial charge in [-0.15, -0.1) is 11.8 Å². The van der Waals surface area contributed by atoms with Crippen LogP contribution in [-0.4, -0.2) is 24.3 Å². The molecule has 0 amide bonds. The van der Waals surface area contributed by atoms with Gasteiger partial charge in [-0.3, -0.25) is 0 Å². The van der Waals surface area contributed by atoms with E-state index in [-0.39, 0.29) is 5.41 Å². The summed E-state index contributed by atoms with van der Waals surface area (Å²) in [6.07, 6.45) is 0. The van der Waals surface area contributed by atoms with Gasteiger partial charge in [0.15, 0.2) is 0 Å². The van der Waals surface area contributed by atoms with Crippen LogP contribution in [0.5, 0.6) is 0 Å². The summed E-state index contributed by atoms with van der Waals surface area (Å²) in [6, 6.07) is 0. The average Bonchev–Trinajstić information content (AvgIpc) is 2.01. The summed E-state index contributed by atoms with van der Waals surface area (Å²) in [7, 11) is 1.63.